The minimum atomic E-state index is 0.291. The van der Waals surface area contributed by atoms with E-state index < -0.39 is 0 Å². The minimum Gasteiger partial charge on any atom is -0.491 e. The van der Waals surface area contributed by atoms with E-state index in [1.54, 1.807) is 14.2 Å². The molecule has 3 rings (SSSR count). The fraction of sp³-hybridized carbons (Fsp3) is 0.500. The lowest BCUT2D eigenvalue weighted by Crippen LogP contribution is -2.25. The van der Waals surface area contributed by atoms with Gasteiger partial charge in [0.2, 0.25) is 0 Å². The van der Waals surface area contributed by atoms with Gasteiger partial charge in [-0.05, 0) is 18.6 Å². The van der Waals surface area contributed by atoms with Crippen LogP contribution in [0.15, 0.2) is 23.4 Å². The topological polar surface area (TPSA) is 63.9 Å². The van der Waals surface area contributed by atoms with Gasteiger partial charge in [-0.15, -0.1) is 0 Å². The van der Waals surface area contributed by atoms with Crippen molar-refractivity contribution < 1.29 is 9.47 Å². The number of hydrogen-bond donors (Lipinski definition) is 1. The van der Waals surface area contributed by atoms with Gasteiger partial charge in [0.1, 0.15) is 5.82 Å². The molecule has 21 heavy (non-hydrogen) atoms. The Morgan fingerprint density at radius 1 is 1.33 bits per heavy atom. The van der Waals surface area contributed by atoms with Gasteiger partial charge < -0.3 is 25.0 Å². The summed E-state index contributed by atoms with van der Waals surface area (Å²) in [5.74, 6) is 2.86. The van der Waals surface area contributed by atoms with E-state index >= 15 is 0 Å². The molecule has 0 amide bonds. The summed E-state index contributed by atoms with van der Waals surface area (Å²) in [6, 6.07) is 4.11. The maximum atomic E-state index is 5.97. The lowest BCUT2D eigenvalue weighted by molar-refractivity contribution is 0.343. The molecule has 0 radical (unpaired) electrons. The number of aromatic nitrogens is 1. The lowest BCUT2D eigenvalue weighted by atomic mass is 10.3. The number of rotatable bonds is 4. The monoisotopic (exact) mass is 308 g/mol. The second kappa shape index (κ2) is 6.03. The van der Waals surface area contributed by atoms with E-state index in [2.05, 4.69) is 21.0 Å². The van der Waals surface area contributed by atoms with Crippen molar-refractivity contribution in [2.75, 3.05) is 38.1 Å². The summed E-state index contributed by atoms with van der Waals surface area (Å²) < 4.78 is 10.5. The first-order chi connectivity index (χ1) is 10.2. The third-order valence-corrected chi connectivity index (χ3v) is 4.74. The first kappa shape index (κ1) is 14.3. The van der Waals surface area contributed by atoms with Gasteiger partial charge in [-0.3, -0.25) is 0 Å². The number of pyridine rings is 1. The molecule has 7 heteroatoms. The van der Waals surface area contributed by atoms with Crippen LogP contribution >= 0.6 is 11.8 Å². The van der Waals surface area contributed by atoms with Gasteiger partial charge in [0, 0.05) is 25.3 Å². The van der Waals surface area contributed by atoms with Crippen molar-refractivity contribution in [1.82, 2.24) is 9.88 Å². The number of methoxy groups -OCH3 is 2. The van der Waals surface area contributed by atoms with Crippen molar-refractivity contribution in [3.8, 4) is 11.6 Å². The summed E-state index contributed by atoms with van der Waals surface area (Å²) in [7, 11) is 3.21. The molecule has 1 atom stereocenters. The van der Waals surface area contributed by atoms with Crippen LogP contribution in [0.4, 0.5) is 5.82 Å². The zero-order valence-electron chi connectivity index (χ0n) is 12.3. The van der Waals surface area contributed by atoms with Gasteiger partial charge in [-0.1, -0.05) is 11.8 Å². The Balaban J connectivity index is 1.77. The first-order valence-electron chi connectivity index (χ1n) is 6.92. The molecule has 2 N–H and O–H groups in total. The first-order valence-corrected chi connectivity index (χ1v) is 7.90. The van der Waals surface area contributed by atoms with Gasteiger partial charge in [0.15, 0.2) is 5.75 Å². The second-order valence-corrected chi connectivity index (χ2v) is 6.05. The van der Waals surface area contributed by atoms with E-state index in [1.807, 2.05) is 23.9 Å². The Kier molecular flexibility index (Phi) is 4.12. The van der Waals surface area contributed by atoms with Crippen LogP contribution in [0.25, 0.3) is 0 Å². The molecule has 0 spiro atoms. The minimum absolute atomic E-state index is 0.291. The van der Waals surface area contributed by atoms with E-state index in [9.17, 15) is 0 Å². The molecule has 2 aliphatic heterocycles. The predicted octanol–water partition coefficient (Wildman–Crippen LogP) is 1.44. The maximum Gasteiger partial charge on any atom is 0.258 e. The van der Waals surface area contributed by atoms with Gasteiger partial charge >= 0.3 is 0 Å². The van der Waals surface area contributed by atoms with E-state index in [0.717, 1.165) is 31.2 Å². The highest BCUT2D eigenvalue weighted by Crippen LogP contribution is 2.35. The Labute approximate surface area is 128 Å². The molecule has 114 valence electrons. The number of thioether (sulfide) groups is 1. The third-order valence-electron chi connectivity index (χ3n) is 3.67. The van der Waals surface area contributed by atoms with Gasteiger partial charge in [-0.25, -0.2) is 0 Å². The predicted molar refractivity (Wildman–Crippen MR) is 84.5 cm³/mol. The summed E-state index contributed by atoms with van der Waals surface area (Å²) in [6.07, 6.45) is 3.20. The third kappa shape index (κ3) is 2.89. The van der Waals surface area contributed by atoms with Crippen LogP contribution in [0, 0.1) is 0 Å². The fourth-order valence-electron chi connectivity index (χ4n) is 2.52. The molecule has 0 aliphatic carbocycles. The standard InChI is InChI=1S/C14H20N4O2S/c1-19-11-3-4-12(16-14(11)20-2)18-8-13(21-9-18)17-6-5-10(15)7-17/h3-4,8,10H,5-7,9,15H2,1-2H3. The highest BCUT2D eigenvalue weighted by atomic mass is 32.2. The molecule has 6 nitrogen and oxygen atoms in total. The number of nitrogens with two attached hydrogens (primary N) is 1. The van der Waals surface area contributed by atoms with E-state index in [1.165, 1.54) is 5.03 Å². The lowest BCUT2D eigenvalue weighted by Gasteiger charge is -2.17. The number of ether oxygens (including phenoxy) is 2. The number of likely N-dealkylation sites (tertiary alicyclic amines) is 1. The molecule has 2 aliphatic rings. The molecule has 1 fully saturated rings. The molecule has 1 aromatic rings. The molecular weight excluding hydrogens is 288 g/mol. The number of hydrogen-bond acceptors (Lipinski definition) is 7. The van der Waals surface area contributed by atoms with Crippen molar-refractivity contribution in [1.29, 1.82) is 0 Å². The van der Waals surface area contributed by atoms with Crippen molar-refractivity contribution in [2.45, 2.75) is 12.5 Å². The average molecular weight is 308 g/mol. The Bertz CT molecular complexity index is 552. The zero-order valence-corrected chi connectivity index (χ0v) is 13.1. The molecular formula is C14H20N4O2S. The van der Waals surface area contributed by atoms with Crippen LogP contribution in [0.3, 0.4) is 0 Å². The summed E-state index contributed by atoms with van der Waals surface area (Å²) in [5.41, 5.74) is 5.97. The average Bonchev–Trinajstić information content (AvgIpc) is 3.15. The van der Waals surface area contributed by atoms with Gasteiger partial charge in [0.25, 0.3) is 5.88 Å². The zero-order chi connectivity index (χ0) is 14.8. The van der Waals surface area contributed by atoms with E-state index in [4.69, 9.17) is 15.2 Å². The largest absolute Gasteiger partial charge is 0.491 e. The Hall–Kier alpha value is -1.60. The summed E-state index contributed by atoms with van der Waals surface area (Å²) in [4.78, 5) is 8.96. The number of anilines is 1. The van der Waals surface area contributed by atoms with Gasteiger partial charge in [-0.2, -0.15) is 4.98 Å². The van der Waals surface area contributed by atoms with Crippen molar-refractivity contribution >= 4 is 17.6 Å². The second-order valence-electron chi connectivity index (χ2n) is 5.09. The van der Waals surface area contributed by atoms with Crippen molar-refractivity contribution in [3.63, 3.8) is 0 Å². The van der Waals surface area contributed by atoms with Crippen LogP contribution < -0.4 is 20.1 Å². The van der Waals surface area contributed by atoms with Crippen LogP contribution in [0.1, 0.15) is 6.42 Å². The van der Waals surface area contributed by atoms with Crippen molar-refractivity contribution in [3.05, 3.63) is 23.4 Å². The smallest absolute Gasteiger partial charge is 0.258 e. The molecule has 0 aromatic carbocycles. The highest BCUT2D eigenvalue weighted by molar-refractivity contribution is 8.03. The number of nitrogens with zero attached hydrogens (tertiary/aromatic N) is 3. The highest BCUT2D eigenvalue weighted by Gasteiger charge is 2.26. The molecule has 1 unspecified atom stereocenters. The van der Waals surface area contributed by atoms with E-state index in [-0.39, 0.29) is 0 Å². The normalized spacial score (nSPS) is 21.7. The fourth-order valence-corrected chi connectivity index (χ4v) is 3.54. The molecule has 0 bridgehead atoms. The molecule has 1 aromatic heterocycles. The Morgan fingerprint density at radius 2 is 2.19 bits per heavy atom. The van der Waals surface area contributed by atoms with Crippen molar-refractivity contribution in [2.24, 2.45) is 5.73 Å². The molecule has 0 saturated carbocycles. The quantitative estimate of drug-likeness (QED) is 0.903. The SMILES string of the molecule is COc1ccc(N2C=C(N3CCC(N)C3)SC2)nc1OC. The Morgan fingerprint density at radius 3 is 2.86 bits per heavy atom. The summed E-state index contributed by atoms with van der Waals surface area (Å²) in [5, 5.41) is 1.26. The van der Waals surface area contributed by atoms with Crippen LogP contribution in [-0.2, 0) is 0 Å². The van der Waals surface area contributed by atoms with E-state index in [0.29, 0.717) is 17.7 Å². The summed E-state index contributed by atoms with van der Waals surface area (Å²) in [6.45, 7) is 1.97. The molecule has 1 saturated heterocycles. The molecule has 3 heterocycles. The van der Waals surface area contributed by atoms with Crippen LogP contribution in [0.2, 0.25) is 0 Å². The van der Waals surface area contributed by atoms with Crippen LogP contribution in [-0.4, -0.2) is 49.1 Å². The maximum absolute atomic E-state index is 5.97. The van der Waals surface area contributed by atoms with Gasteiger partial charge in [0.05, 0.1) is 25.1 Å². The summed E-state index contributed by atoms with van der Waals surface area (Å²) >= 11 is 1.81. The van der Waals surface area contributed by atoms with Crippen LogP contribution in [0.5, 0.6) is 11.6 Å².